The normalized spacial score (nSPS) is 13.7. The van der Waals surface area contributed by atoms with Gasteiger partial charge in [-0.25, -0.2) is 8.42 Å². The highest BCUT2D eigenvalue weighted by Crippen LogP contribution is 2.15. The SMILES string of the molecule is COCC(NS(=O)(=O)c1ccc(Cl)cc1)C(=O)OC(C)(C)C. The van der Waals surface area contributed by atoms with Crippen LogP contribution >= 0.6 is 11.6 Å². The summed E-state index contributed by atoms with van der Waals surface area (Å²) in [5, 5.41) is 0.416. The topological polar surface area (TPSA) is 81.7 Å². The van der Waals surface area contributed by atoms with E-state index < -0.39 is 27.6 Å². The predicted octanol–water partition coefficient (Wildman–Crippen LogP) is 1.97. The lowest BCUT2D eigenvalue weighted by atomic mass is 10.2. The first-order valence-electron chi connectivity index (χ1n) is 6.55. The van der Waals surface area contributed by atoms with Crippen molar-refractivity contribution >= 4 is 27.6 Å². The number of methoxy groups -OCH3 is 1. The summed E-state index contributed by atoms with van der Waals surface area (Å²) in [7, 11) is -2.52. The van der Waals surface area contributed by atoms with Gasteiger partial charge in [-0.15, -0.1) is 0 Å². The second kappa shape index (κ2) is 7.41. The summed E-state index contributed by atoms with van der Waals surface area (Å²) in [5.74, 6) is -0.702. The van der Waals surface area contributed by atoms with Crippen molar-refractivity contribution in [3.05, 3.63) is 29.3 Å². The van der Waals surface area contributed by atoms with Crippen LogP contribution in [0.3, 0.4) is 0 Å². The summed E-state index contributed by atoms with van der Waals surface area (Å²) in [6.07, 6.45) is 0. The Morgan fingerprint density at radius 2 is 1.82 bits per heavy atom. The number of carbonyl (C=O) groups excluding carboxylic acids is 1. The lowest BCUT2D eigenvalue weighted by molar-refractivity contribution is -0.158. The molecule has 22 heavy (non-hydrogen) atoms. The van der Waals surface area contributed by atoms with Crippen molar-refractivity contribution in [1.82, 2.24) is 4.72 Å². The predicted molar refractivity (Wildman–Crippen MR) is 83.3 cm³/mol. The molecule has 8 heteroatoms. The molecule has 0 aromatic heterocycles. The fourth-order valence-electron chi connectivity index (χ4n) is 1.56. The Bertz CT molecular complexity index is 607. The molecule has 1 aromatic carbocycles. The minimum atomic E-state index is -3.89. The quantitative estimate of drug-likeness (QED) is 0.794. The summed E-state index contributed by atoms with van der Waals surface area (Å²) in [4.78, 5) is 12.1. The number of esters is 1. The first-order chi connectivity index (χ1) is 10.0. The number of hydrogen-bond donors (Lipinski definition) is 1. The Balaban J connectivity index is 2.94. The van der Waals surface area contributed by atoms with Crippen LogP contribution < -0.4 is 4.72 Å². The highest BCUT2D eigenvalue weighted by Gasteiger charge is 2.29. The van der Waals surface area contributed by atoms with Gasteiger partial charge >= 0.3 is 5.97 Å². The second-order valence-electron chi connectivity index (χ2n) is 5.62. The molecule has 0 saturated heterocycles. The third-order valence-electron chi connectivity index (χ3n) is 2.45. The van der Waals surface area contributed by atoms with Gasteiger partial charge in [0, 0.05) is 12.1 Å². The van der Waals surface area contributed by atoms with E-state index in [0.29, 0.717) is 5.02 Å². The molecule has 0 fully saturated rings. The van der Waals surface area contributed by atoms with Crippen molar-refractivity contribution in [2.75, 3.05) is 13.7 Å². The van der Waals surface area contributed by atoms with Gasteiger partial charge in [0.1, 0.15) is 11.6 Å². The van der Waals surface area contributed by atoms with Crippen molar-refractivity contribution in [2.24, 2.45) is 0 Å². The zero-order valence-corrected chi connectivity index (χ0v) is 14.5. The highest BCUT2D eigenvalue weighted by atomic mass is 35.5. The molecule has 1 N–H and O–H groups in total. The Labute approximate surface area is 135 Å². The summed E-state index contributed by atoms with van der Waals surface area (Å²) < 4.78 is 36.9. The maximum atomic E-state index is 12.3. The van der Waals surface area contributed by atoms with E-state index in [9.17, 15) is 13.2 Å². The Kier molecular flexibility index (Phi) is 6.37. The molecule has 0 aliphatic heterocycles. The molecule has 0 heterocycles. The van der Waals surface area contributed by atoms with Gasteiger partial charge in [-0.2, -0.15) is 4.72 Å². The summed E-state index contributed by atoms with van der Waals surface area (Å²) in [5.41, 5.74) is -0.727. The zero-order chi connectivity index (χ0) is 17.0. The van der Waals surface area contributed by atoms with Crippen LogP contribution in [0.15, 0.2) is 29.2 Å². The molecule has 0 aliphatic carbocycles. The monoisotopic (exact) mass is 349 g/mol. The highest BCUT2D eigenvalue weighted by molar-refractivity contribution is 7.89. The van der Waals surface area contributed by atoms with Crippen LogP contribution in [0.2, 0.25) is 5.02 Å². The van der Waals surface area contributed by atoms with E-state index in [1.807, 2.05) is 0 Å². The van der Waals surface area contributed by atoms with E-state index in [2.05, 4.69) is 4.72 Å². The van der Waals surface area contributed by atoms with Gasteiger partial charge < -0.3 is 9.47 Å². The van der Waals surface area contributed by atoms with Gasteiger partial charge in [-0.1, -0.05) is 11.6 Å². The third-order valence-corrected chi connectivity index (χ3v) is 4.19. The zero-order valence-electron chi connectivity index (χ0n) is 12.9. The summed E-state index contributed by atoms with van der Waals surface area (Å²) in [6.45, 7) is 4.95. The minimum Gasteiger partial charge on any atom is -0.459 e. The average molecular weight is 350 g/mol. The number of rotatable bonds is 6. The van der Waals surface area contributed by atoms with Crippen LogP contribution in [0, 0.1) is 0 Å². The van der Waals surface area contributed by atoms with Crippen LogP contribution in [0.1, 0.15) is 20.8 Å². The lowest BCUT2D eigenvalue weighted by Crippen LogP contribution is -2.46. The molecule has 0 radical (unpaired) electrons. The van der Waals surface area contributed by atoms with E-state index in [4.69, 9.17) is 21.1 Å². The van der Waals surface area contributed by atoms with E-state index in [0.717, 1.165) is 0 Å². The van der Waals surface area contributed by atoms with E-state index in [-0.39, 0.29) is 11.5 Å². The van der Waals surface area contributed by atoms with Crippen LogP contribution in [-0.2, 0) is 24.3 Å². The lowest BCUT2D eigenvalue weighted by Gasteiger charge is -2.24. The molecule has 0 spiro atoms. The molecule has 1 aromatic rings. The summed E-state index contributed by atoms with van der Waals surface area (Å²) in [6, 6.07) is 4.47. The van der Waals surface area contributed by atoms with Crippen molar-refractivity contribution in [3.8, 4) is 0 Å². The molecule has 0 aliphatic rings. The number of carbonyl (C=O) groups is 1. The molecule has 124 valence electrons. The largest absolute Gasteiger partial charge is 0.459 e. The number of ether oxygens (including phenoxy) is 2. The maximum absolute atomic E-state index is 12.3. The minimum absolute atomic E-state index is 0.00145. The Morgan fingerprint density at radius 3 is 2.27 bits per heavy atom. The Hall–Kier alpha value is -1.15. The standard InChI is InChI=1S/C14H20ClNO5S/c1-14(2,3)21-13(17)12(9-20-4)16-22(18,19)11-7-5-10(15)6-8-11/h5-8,12,16H,9H2,1-4H3. The van der Waals surface area contributed by atoms with Gasteiger partial charge in [-0.05, 0) is 45.0 Å². The first kappa shape index (κ1) is 18.9. The third kappa shape index (κ3) is 5.92. The van der Waals surface area contributed by atoms with Crippen molar-refractivity contribution in [3.63, 3.8) is 0 Å². The van der Waals surface area contributed by atoms with Gasteiger partial charge in [0.25, 0.3) is 0 Å². The number of hydrogen-bond acceptors (Lipinski definition) is 5. The molecule has 1 rings (SSSR count). The Morgan fingerprint density at radius 1 is 1.27 bits per heavy atom. The fraction of sp³-hybridized carbons (Fsp3) is 0.500. The van der Waals surface area contributed by atoms with Crippen LogP contribution in [-0.4, -0.2) is 39.7 Å². The van der Waals surface area contributed by atoms with E-state index >= 15 is 0 Å². The smallest absolute Gasteiger partial charge is 0.327 e. The fourth-order valence-corrected chi connectivity index (χ4v) is 2.85. The van der Waals surface area contributed by atoms with Crippen LogP contribution in [0.4, 0.5) is 0 Å². The van der Waals surface area contributed by atoms with Gasteiger partial charge in [0.15, 0.2) is 0 Å². The number of nitrogens with one attached hydrogen (secondary N) is 1. The molecular weight excluding hydrogens is 330 g/mol. The molecular formula is C14H20ClNO5S. The van der Waals surface area contributed by atoms with Crippen molar-refractivity contribution < 1.29 is 22.7 Å². The second-order valence-corrected chi connectivity index (χ2v) is 7.77. The number of sulfonamides is 1. The molecule has 0 saturated carbocycles. The molecule has 1 unspecified atom stereocenters. The van der Waals surface area contributed by atoms with Gasteiger partial charge in [0.05, 0.1) is 11.5 Å². The molecule has 1 atom stereocenters. The molecule has 0 bridgehead atoms. The molecule has 0 amide bonds. The van der Waals surface area contributed by atoms with E-state index in [1.165, 1.54) is 31.4 Å². The molecule has 6 nitrogen and oxygen atoms in total. The van der Waals surface area contributed by atoms with Gasteiger partial charge in [0.2, 0.25) is 10.0 Å². The number of halogens is 1. The number of benzene rings is 1. The maximum Gasteiger partial charge on any atom is 0.327 e. The van der Waals surface area contributed by atoms with Crippen LogP contribution in [0.5, 0.6) is 0 Å². The van der Waals surface area contributed by atoms with E-state index in [1.54, 1.807) is 20.8 Å². The average Bonchev–Trinajstić information content (AvgIpc) is 2.36. The van der Waals surface area contributed by atoms with Gasteiger partial charge in [-0.3, -0.25) is 4.79 Å². The first-order valence-corrected chi connectivity index (χ1v) is 8.41. The van der Waals surface area contributed by atoms with Crippen molar-refractivity contribution in [2.45, 2.75) is 37.3 Å². The summed E-state index contributed by atoms with van der Waals surface area (Å²) >= 11 is 5.73. The van der Waals surface area contributed by atoms with Crippen LogP contribution in [0.25, 0.3) is 0 Å². The van der Waals surface area contributed by atoms with Crippen molar-refractivity contribution in [1.29, 1.82) is 0 Å².